The lowest BCUT2D eigenvalue weighted by molar-refractivity contribution is 0.0944. The van der Waals surface area contributed by atoms with Crippen molar-refractivity contribution >= 4 is 44.9 Å². The molecule has 0 aliphatic rings. The van der Waals surface area contributed by atoms with Crippen LogP contribution in [-0.4, -0.2) is 25.3 Å². The van der Waals surface area contributed by atoms with Gasteiger partial charge >= 0.3 is 0 Å². The molecule has 0 radical (unpaired) electrons. The summed E-state index contributed by atoms with van der Waals surface area (Å²) in [5.41, 5.74) is 8.81. The van der Waals surface area contributed by atoms with Crippen molar-refractivity contribution in [3.63, 3.8) is 0 Å². The standard InChI is InChI=1S/C21H18N4O4S2/c22-21(30)25(20(27)16-7-3-1-4-8-16)17-13-11-15(12-14-17)19(26)23-24-31(28,29)18-9-5-2-6-10-18/h1-14,24H,(H2,22,30)(H,23,26). The number of benzene rings is 3. The number of carbonyl (C=O) groups is 2. The first-order valence-corrected chi connectivity index (χ1v) is 10.8. The molecule has 158 valence electrons. The molecular formula is C21H18N4O4S2. The highest BCUT2D eigenvalue weighted by Gasteiger charge is 2.21. The highest BCUT2D eigenvalue weighted by Crippen LogP contribution is 2.18. The average molecular weight is 455 g/mol. The van der Waals surface area contributed by atoms with E-state index in [1.807, 2.05) is 4.83 Å². The van der Waals surface area contributed by atoms with Crippen molar-refractivity contribution in [2.75, 3.05) is 4.90 Å². The molecule has 0 aromatic heterocycles. The molecule has 4 N–H and O–H groups in total. The van der Waals surface area contributed by atoms with Gasteiger partial charge in [-0.15, -0.1) is 4.83 Å². The van der Waals surface area contributed by atoms with E-state index in [4.69, 9.17) is 18.0 Å². The molecule has 10 heteroatoms. The van der Waals surface area contributed by atoms with E-state index in [9.17, 15) is 18.0 Å². The molecule has 0 aliphatic heterocycles. The fourth-order valence-electron chi connectivity index (χ4n) is 2.66. The zero-order valence-electron chi connectivity index (χ0n) is 16.1. The number of thiocarbonyl (C=S) groups is 1. The summed E-state index contributed by atoms with van der Waals surface area (Å²) in [6.45, 7) is 0. The minimum atomic E-state index is -3.91. The molecule has 3 aromatic rings. The van der Waals surface area contributed by atoms with Gasteiger partial charge < -0.3 is 5.73 Å². The van der Waals surface area contributed by atoms with Gasteiger partial charge in [-0.3, -0.25) is 19.9 Å². The monoisotopic (exact) mass is 454 g/mol. The number of sulfonamides is 1. The lowest BCUT2D eigenvalue weighted by Crippen LogP contribution is -2.42. The van der Waals surface area contributed by atoms with Crippen LogP contribution in [0.25, 0.3) is 0 Å². The molecule has 0 saturated carbocycles. The predicted molar refractivity (Wildman–Crippen MR) is 121 cm³/mol. The second kappa shape index (κ2) is 9.47. The van der Waals surface area contributed by atoms with Gasteiger partial charge in [0.15, 0.2) is 5.11 Å². The molecule has 0 atom stereocenters. The lowest BCUT2D eigenvalue weighted by atomic mass is 10.1. The molecule has 2 amide bonds. The van der Waals surface area contributed by atoms with Gasteiger partial charge in [0.05, 0.1) is 10.6 Å². The number of hydrogen-bond acceptors (Lipinski definition) is 5. The maximum Gasteiger partial charge on any atom is 0.266 e. The van der Waals surface area contributed by atoms with Crippen LogP contribution >= 0.6 is 12.2 Å². The highest BCUT2D eigenvalue weighted by molar-refractivity contribution is 7.89. The number of hydrogen-bond donors (Lipinski definition) is 3. The van der Waals surface area contributed by atoms with E-state index in [0.717, 1.165) is 4.90 Å². The molecule has 0 heterocycles. The molecule has 3 rings (SSSR count). The first-order chi connectivity index (χ1) is 14.8. The van der Waals surface area contributed by atoms with Crippen LogP contribution in [0.5, 0.6) is 0 Å². The molecule has 0 saturated heterocycles. The Kier molecular flexibility index (Phi) is 6.75. The first kappa shape index (κ1) is 22.1. The van der Waals surface area contributed by atoms with Crippen molar-refractivity contribution in [3.8, 4) is 0 Å². The van der Waals surface area contributed by atoms with Crippen LogP contribution in [0.15, 0.2) is 89.8 Å². The van der Waals surface area contributed by atoms with E-state index >= 15 is 0 Å². The lowest BCUT2D eigenvalue weighted by Gasteiger charge is -2.21. The summed E-state index contributed by atoms with van der Waals surface area (Å²) >= 11 is 5.02. The number of nitrogens with two attached hydrogens (primary N) is 1. The van der Waals surface area contributed by atoms with Crippen molar-refractivity contribution in [2.24, 2.45) is 5.73 Å². The number of nitrogens with zero attached hydrogens (tertiary/aromatic N) is 1. The molecule has 3 aromatic carbocycles. The summed E-state index contributed by atoms with van der Waals surface area (Å²) in [7, 11) is -3.91. The number of hydrazine groups is 1. The quantitative estimate of drug-likeness (QED) is 0.388. The van der Waals surface area contributed by atoms with Crippen molar-refractivity contribution in [1.82, 2.24) is 10.3 Å². The summed E-state index contributed by atoms with van der Waals surface area (Å²) in [4.78, 5) is 28.3. The molecule has 8 nitrogen and oxygen atoms in total. The zero-order chi connectivity index (χ0) is 22.4. The predicted octanol–water partition coefficient (Wildman–Crippen LogP) is 2.20. The van der Waals surface area contributed by atoms with E-state index in [1.165, 1.54) is 36.4 Å². The molecule has 0 spiro atoms. The van der Waals surface area contributed by atoms with Gasteiger partial charge in [-0.25, -0.2) is 8.42 Å². The van der Waals surface area contributed by atoms with Crippen molar-refractivity contribution in [1.29, 1.82) is 0 Å². The second-order valence-electron chi connectivity index (χ2n) is 6.26. The summed E-state index contributed by atoms with van der Waals surface area (Å²) in [5, 5.41) is -0.151. The van der Waals surface area contributed by atoms with Crippen LogP contribution < -0.4 is 20.9 Å². The minimum absolute atomic E-state index is 0.0113. The molecule has 0 aliphatic carbocycles. The molecule has 0 fully saturated rings. The molecular weight excluding hydrogens is 436 g/mol. The van der Waals surface area contributed by atoms with Crippen molar-refractivity contribution in [2.45, 2.75) is 4.90 Å². The largest absolute Gasteiger partial charge is 0.376 e. The van der Waals surface area contributed by atoms with E-state index in [2.05, 4.69) is 5.43 Å². The minimum Gasteiger partial charge on any atom is -0.376 e. The third-order valence-electron chi connectivity index (χ3n) is 4.18. The Hall–Kier alpha value is -3.60. The van der Waals surface area contributed by atoms with E-state index in [0.29, 0.717) is 11.3 Å². The summed E-state index contributed by atoms with van der Waals surface area (Å²) in [5.74, 6) is -1.09. The zero-order valence-corrected chi connectivity index (χ0v) is 17.7. The van der Waals surface area contributed by atoms with Crippen molar-refractivity contribution < 1.29 is 18.0 Å². The number of amides is 2. The summed E-state index contributed by atoms with van der Waals surface area (Å²) < 4.78 is 24.4. The topological polar surface area (TPSA) is 122 Å². The number of rotatable bonds is 6. The fourth-order valence-corrected chi connectivity index (χ4v) is 3.71. The third kappa shape index (κ3) is 5.31. The number of carbonyl (C=O) groups excluding carboxylic acids is 2. The average Bonchev–Trinajstić information content (AvgIpc) is 2.79. The smallest absolute Gasteiger partial charge is 0.266 e. The molecule has 31 heavy (non-hydrogen) atoms. The van der Waals surface area contributed by atoms with Crippen LogP contribution in [0.3, 0.4) is 0 Å². The Labute approximate surface area is 184 Å². The van der Waals surface area contributed by atoms with Crippen LogP contribution in [0, 0.1) is 0 Å². The first-order valence-electron chi connectivity index (χ1n) is 8.96. The van der Waals surface area contributed by atoms with Gasteiger partial charge in [0, 0.05) is 11.1 Å². The van der Waals surface area contributed by atoms with Crippen molar-refractivity contribution in [3.05, 3.63) is 96.1 Å². The van der Waals surface area contributed by atoms with Crippen LogP contribution in [0.4, 0.5) is 5.69 Å². The Morgan fingerprint density at radius 1 is 0.806 bits per heavy atom. The van der Waals surface area contributed by atoms with E-state index in [-0.39, 0.29) is 15.6 Å². The fraction of sp³-hybridized carbons (Fsp3) is 0. The van der Waals surface area contributed by atoms with Gasteiger partial charge in [0.2, 0.25) is 0 Å². The van der Waals surface area contributed by atoms with E-state index in [1.54, 1.807) is 48.5 Å². The Morgan fingerprint density at radius 2 is 1.35 bits per heavy atom. The maximum absolute atomic E-state index is 12.8. The second-order valence-corrected chi connectivity index (χ2v) is 8.37. The van der Waals surface area contributed by atoms with E-state index < -0.39 is 21.8 Å². The Bertz CT molecular complexity index is 1200. The normalized spacial score (nSPS) is 10.8. The van der Waals surface area contributed by atoms with Gasteiger partial charge in [0.1, 0.15) is 0 Å². The van der Waals surface area contributed by atoms with Gasteiger partial charge in [-0.1, -0.05) is 36.4 Å². The SMILES string of the molecule is NC(=S)N(C(=O)c1ccccc1)c1ccc(C(=O)NNS(=O)(=O)c2ccccc2)cc1. The van der Waals surface area contributed by atoms with Gasteiger partial charge in [-0.05, 0) is 60.7 Å². The Balaban J connectivity index is 1.73. The summed E-state index contributed by atoms with van der Waals surface area (Å²) in [6, 6.07) is 21.9. The maximum atomic E-state index is 12.8. The van der Waals surface area contributed by atoms with Crippen LogP contribution in [0.2, 0.25) is 0 Å². The number of nitrogens with one attached hydrogen (secondary N) is 2. The highest BCUT2D eigenvalue weighted by atomic mass is 32.2. The van der Waals surface area contributed by atoms with Crippen LogP contribution in [-0.2, 0) is 10.0 Å². The molecule has 0 unspecified atom stereocenters. The Morgan fingerprint density at radius 3 is 1.90 bits per heavy atom. The number of anilines is 1. The van der Waals surface area contributed by atoms with Crippen LogP contribution in [0.1, 0.15) is 20.7 Å². The summed E-state index contributed by atoms with van der Waals surface area (Å²) in [6.07, 6.45) is 0. The van der Waals surface area contributed by atoms with Gasteiger partial charge in [-0.2, -0.15) is 0 Å². The third-order valence-corrected chi connectivity index (χ3v) is 5.63. The molecule has 0 bridgehead atoms. The van der Waals surface area contributed by atoms with Gasteiger partial charge in [0.25, 0.3) is 21.8 Å².